The second-order valence-electron chi connectivity index (χ2n) is 4.63. The number of fused-ring (bicyclic) bond motifs is 1. The Balaban J connectivity index is 2.04. The van der Waals surface area contributed by atoms with Gasteiger partial charge in [-0.15, -0.1) is 0 Å². The van der Waals surface area contributed by atoms with Crippen LogP contribution in [0.1, 0.15) is 5.56 Å². The zero-order chi connectivity index (χ0) is 14.1. The Labute approximate surface area is 121 Å². The lowest BCUT2D eigenvalue weighted by Crippen LogP contribution is -2.06. The van der Waals surface area contributed by atoms with Gasteiger partial charge >= 0.3 is 0 Å². The van der Waals surface area contributed by atoms with E-state index in [2.05, 4.69) is 5.32 Å². The molecule has 0 saturated heterocycles. The summed E-state index contributed by atoms with van der Waals surface area (Å²) in [5.74, 6) is 0.396. The molecule has 0 radical (unpaired) electrons. The minimum absolute atomic E-state index is 0.240. The van der Waals surface area contributed by atoms with Crippen LogP contribution in [-0.2, 0) is 6.54 Å². The molecule has 0 spiro atoms. The number of hydrogen-bond acceptors (Lipinski definition) is 2. The van der Waals surface area contributed by atoms with E-state index in [1.54, 1.807) is 19.2 Å². The maximum Gasteiger partial charge on any atom is 0.135 e. The van der Waals surface area contributed by atoms with E-state index < -0.39 is 0 Å². The zero-order valence-electron chi connectivity index (χ0n) is 10.9. The summed E-state index contributed by atoms with van der Waals surface area (Å²) < 4.78 is 19.7. The Morgan fingerprint density at radius 3 is 2.75 bits per heavy atom. The van der Waals surface area contributed by atoms with Crippen molar-refractivity contribution in [2.45, 2.75) is 6.54 Å². The molecule has 1 N–H and O–H groups in total. The lowest BCUT2D eigenvalue weighted by Gasteiger charge is -2.03. The molecule has 0 aliphatic heterocycles. The largest absolute Gasteiger partial charge is 0.456 e. The predicted molar refractivity (Wildman–Crippen MR) is 79.4 cm³/mol. The van der Waals surface area contributed by atoms with Gasteiger partial charge in [-0.1, -0.05) is 23.7 Å². The first-order chi connectivity index (χ1) is 9.67. The van der Waals surface area contributed by atoms with Crippen molar-refractivity contribution in [2.24, 2.45) is 0 Å². The molecule has 20 heavy (non-hydrogen) atoms. The summed E-state index contributed by atoms with van der Waals surface area (Å²) in [6.45, 7) is 0.502. The number of halogens is 2. The predicted octanol–water partition coefficient (Wildman–Crippen LogP) is 4.61. The molecule has 0 bridgehead atoms. The normalized spacial score (nSPS) is 11.2. The van der Waals surface area contributed by atoms with Crippen molar-refractivity contribution < 1.29 is 8.81 Å². The van der Waals surface area contributed by atoms with Crippen molar-refractivity contribution >= 4 is 22.6 Å². The van der Waals surface area contributed by atoms with E-state index in [0.717, 1.165) is 16.5 Å². The van der Waals surface area contributed by atoms with E-state index >= 15 is 0 Å². The first kappa shape index (κ1) is 13.2. The Kier molecular flexibility index (Phi) is 3.47. The first-order valence-corrected chi connectivity index (χ1v) is 6.67. The monoisotopic (exact) mass is 289 g/mol. The van der Waals surface area contributed by atoms with Gasteiger partial charge in [-0.2, -0.15) is 0 Å². The fourth-order valence-electron chi connectivity index (χ4n) is 2.19. The van der Waals surface area contributed by atoms with Gasteiger partial charge in [0, 0.05) is 28.1 Å². The number of furan rings is 1. The van der Waals surface area contributed by atoms with Crippen LogP contribution in [0.4, 0.5) is 4.39 Å². The molecule has 2 aromatic carbocycles. The standard InChI is InChI=1S/C16H13ClFNO/c1-19-9-11-3-2-10(7-14(11)18)16-8-12-6-13(17)4-5-15(12)20-16/h2-8,19H,9H2,1H3. The molecule has 0 saturated carbocycles. The maximum absolute atomic E-state index is 13.9. The molecule has 102 valence electrons. The average molecular weight is 290 g/mol. The van der Waals surface area contributed by atoms with Gasteiger partial charge in [-0.25, -0.2) is 4.39 Å². The smallest absolute Gasteiger partial charge is 0.135 e. The fourth-order valence-corrected chi connectivity index (χ4v) is 2.37. The summed E-state index contributed by atoms with van der Waals surface area (Å²) in [7, 11) is 1.79. The van der Waals surface area contributed by atoms with Crippen molar-refractivity contribution in [1.29, 1.82) is 0 Å². The topological polar surface area (TPSA) is 25.2 Å². The van der Waals surface area contributed by atoms with Crippen molar-refractivity contribution in [3.63, 3.8) is 0 Å². The average Bonchev–Trinajstić information content (AvgIpc) is 2.84. The summed E-state index contributed by atoms with van der Waals surface area (Å²) in [6.07, 6.45) is 0. The number of hydrogen-bond donors (Lipinski definition) is 1. The van der Waals surface area contributed by atoms with Gasteiger partial charge in [0.25, 0.3) is 0 Å². The van der Waals surface area contributed by atoms with Gasteiger partial charge < -0.3 is 9.73 Å². The van der Waals surface area contributed by atoms with Crippen LogP contribution in [0.25, 0.3) is 22.3 Å². The van der Waals surface area contributed by atoms with E-state index in [9.17, 15) is 4.39 Å². The molecular weight excluding hydrogens is 277 g/mol. The highest BCUT2D eigenvalue weighted by atomic mass is 35.5. The van der Waals surface area contributed by atoms with Crippen LogP contribution in [0.5, 0.6) is 0 Å². The van der Waals surface area contributed by atoms with Crippen LogP contribution in [0.15, 0.2) is 46.9 Å². The summed E-state index contributed by atoms with van der Waals surface area (Å²) in [6, 6.07) is 12.4. The highest BCUT2D eigenvalue weighted by Crippen LogP contribution is 2.30. The third-order valence-corrected chi connectivity index (χ3v) is 3.42. The molecule has 0 unspecified atom stereocenters. The fraction of sp³-hybridized carbons (Fsp3) is 0.125. The van der Waals surface area contributed by atoms with Crippen LogP contribution in [0.2, 0.25) is 5.02 Å². The molecule has 3 rings (SSSR count). The van der Waals surface area contributed by atoms with E-state index in [4.69, 9.17) is 16.0 Å². The lowest BCUT2D eigenvalue weighted by atomic mass is 10.1. The molecular formula is C16H13ClFNO. The summed E-state index contributed by atoms with van der Waals surface area (Å²) in [5, 5.41) is 4.50. The van der Waals surface area contributed by atoms with Crippen LogP contribution >= 0.6 is 11.6 Å². The molecule has 0 aliphatic rings. The summed E-state index contributed by atoms with van der Waals surface area (Å²) in [4.78, 5) is 0. The number of nitrogens with one attached hydrogen (secondary N) is 1. The van der Waals surface area contributed by atoms with Crippen molar-refractivity contribution in [3.05, 3.63) is 58.9 Å². The molecule has 1 heterocycles. The molecule has 0 atom stereocenters. The zero-order valence-corrected chi connectivity index (χ0v) is 11.7. The van der Waals surface area contributed by atoms with Gasteiger partial charge in [0.1, 0.15) is 17.2 Å². The van der Waals surface area contributed by atoms with Crippen LogP contribution in [-0.4, -0.2) is 7.05 Å². The Morgan fingerprint density at radius 1 is 1.15 bits per heavy atom. The number of benzene rings is 2. The van der Waals surface area contributed by atoms with Crippen molar-refractivity contribution in [2.75, 3.05) is 7.05 Å². The summed E-state index contributed by atoms with van der Waals surface area (Å²) in [5.41, 5.74) is 2.09. The molecule has 3 aromatic rings. The Bertz CT molecular complexity index is 766. The molecule has 2 nitrogen and oxygen atoms in total. The molecule has 1 aromatic heterocycles. The minimum atomic E-state index is -0.240. The van der Waals surface area contributed by atoms with E-state index in [0.29, 0.717) is 22.9 Å². The minimum Gasteiger partial charge on any atom is -0.456 e. The van der Waals surface area contributed by atoms with Gasteiger partial charge in [0.2, 0.25) is 0 Å². The summed E-state index contributed by atoms with van der Waals surface area (Å²) >= 11 is 5.95. The molecule has 0 amide bonds. The Morgan fingerprint density at radius 2 is 2.00 bits per heavy atom. The molecule has 4 heteroatoms. The lowest BCUT2D eigenvalue weighted by molar-refractivity contribution is 0.597. The number of rotatable bonds is 3. The van der Waals surface area contributed by atoms with Gasteiger partial charge in [-0.05, 0) is 37.4 Å². The van der Waals surface area contributed by atoms with Gasteiger partial charge in [-0.3, -0.25) is 0 Å². The van der Waals surface area contributed by atoms with Crippen LogP contribution < -0.4 is 5.32 Å². The quantitative estimate of drug-likeness (QED) is 0.761. The van der Waals surface area contributed by atoms with Crippen LogP contribution in [0, 0.1) is 5.82 Å². The van der Waals surface area contributed by atoms with E-state index in [-0.39, 0.29) is 5.82 Å². The van der Waals surface area contributed by atoms with Gasteiger partial charge in [0.15, 0.2) is 0 Å². The first-order valence-electron chi connectivity index (χ1n) is 6.30. The second kappa shape index (κ2) is 5.27. The SMILES string of the molecule is CNCc1ccc(-c2cc3cc(Cl)ccc3o2)cc1F. The highest BCUT2D eigenvalue weighted by Gasteiger charge is 2.09. The van der Waals surface area contributed by atoms with Crippen LogP contribution in [0.3, 0.4) is 0 Å². The van der Waals surface area contributed by atoms with E-state index in [1.807, 2.05) is 24.3 Å². The van der Waals surface area contributed by atoms with Crippen molar-refractivity contribution in [1.82, 2.24) is 5.32 Å². The molecule has 0 fully saturated rings. The maximum atomic E-state index is 13.9. The molecule has 0 aliphatic carbocycles. The van der Waals surface area contributed by atoms with Gasteiger partial charge in [0.05, 0.1) is 0 Å². The van der Waals surface area contributed by atoms with E-state index in [1.165, 1.54) is 6.07 Å². The third-order valence-electron chi connectivity index (χ3n) is 3.18. The highest BCUT2D eigenvalue weighted by molar-refractivity contribution is 6.31. The third kappa shape index (κ3) is 2.42. The van der Waals surface area contributed by atoms with Crippen molar-refractivity contribution in [3.8, 4) is 11.3 Å². The second-order valence-corrected chi connectivity index (χ2v) is 5.07. The Hall–Kier alpha value is -1.84.